The number of aliphatic hydroxyl groups excluding tert-OH is 1. The summed E-state index contributed by atoms with van der Waals surface area (Å²) in [6.45, 7) is 10.7. The SMILES string of the molecule is CCCCCOc1ccc(C2/C(=C(/O)c3ccc4c(c3)OCCO4)C(=O)C(=O)N2CCCN(CC)CC)cc1OC. The first-order valence-electron chi connectivity index (χ1n) is 14.6. The molecule has 0 radical (unpaired) electrons. The van der Waals surface area contributed by atoms with Gasteiger partial charge in [0, 0.05) is 12.1 Å². The second-order valence-electron chi connectivity index (χ2n) is 10.2. The number of Topliss-reactive ketones (excluding diaryl/α,β-unsaturated/α-hetero) is 1. The smallest absolute Gasteiger partial charge is 0.295 e. The van der Waals surface area contributed by atoms with E-state index in [-0.39, 0.29) is 11.3 Å². The number of aliphatic hydroxyl groups is 1. The second kappa shape index (κ2) is 14.3. The summed E-state index contributed by atoms with van der Waals surface area (Å²) in [4.78, 5) is 30.8. The summed E-state index contributed by atoms with van der Waals surface area (Å²) in [6.07, 6.45) is 3.78. The van der Waals surface area contributed by atoms with E-state index < -0.39 is 17.7 Å². The number of hydrogen-bond donors (Lipinski definition) is 1. The van der Waals surface area contributed by atoms with Crippen molar-refractivity contribution >= 4 is 17.4 Å². The first-order chi connectivity index (χ1) is 19.9. The molecule has 9 nitrogen and oxygen atoms in total. The van der Waals surface area contributed by atoms with Crippen molar-refractivity contribution in [3.05, 3.63) is 53.1 Å². The van der Waals surface area contributed by atoms with Crippen LogP contribution in [0, 0.1) is 0 Å². The van der Waals surface area contributed by atoms with Crippen LogP contribution in [0.25, 0.3) is 5.76 Å². The molecule has 2 heterocycles. The number of nitrogens with zero attached hydrogens (tertiary/aromatic N) is 2. The largest absolute Gasteiger partial charge is 0.507 e. The van der Waals surface area contributed by atoms with Crippen molar-refractivity contribution in [1.29, 1.82) is 0 Å². The van der Waals surface area contributed by atoms with Crippen LogP contribution in [0.2, 0.25) is 0 Å². The Bertz CT molecular complexity index is 1250. The van der Waals surface area contributed by atoms with Gasteiger partial charge in [-0.25, -0.2) is 0 Å². The van der Waals surface area contributed by atoms with Crippen LogP contribution in [0.5, 0.6) is 23.0 Å². The Labute approximate surface area is 242 Å². The molecule has 1 unspecified atom stereocenters. The van der Waals surface area contributed by atoms with Gasteiger partial charge in [-0.2, -0.15) is 0 Å². The lowest BCUT2D eigenvalue weighted by molar-refractivity contribution is -0.140. The predicted molar refractivity (Wildman–Crippen MR) is 157 cm³/mol. The van der Waals surface area contributed by atoms with E-state index in [1.165, 1.54) is 0 Å². The van der Waals surface area contributed by atoms with Crippen molar-refractivity contribution in [3.8, 4) is 23.0 Å². The standard InChI is InChI=1S/C32H42N2O7/c1-5-8-9-17-39-24-13-11-22(20-26(24)38-4)29-28(30(35)23-12-14-25-27(21-23)41-19-18-40-25)31(36)32(37)34(29)16-10-15-33(6-2)7-3/h11-14,20-21,29,35H,5-10,15-19H2,1-4H3/b30-28-. The first-order valence-corrected chi connectivity index (χ1v) is 14.6. The highest BCUT2D eigenvalue weighted by molar-refractivity contribution is 6.46. The highest BCUT2D eigenvalue weighted by Gasteiger charge is 2.46. The third-order valence-electron chi connectivity index (χ3n) is 7.63. The predicted octanol–water partition coefficient (Wildman–Crippen LogP) is 5.19. The minimum Gasteiger partial charge on any atom is -0.507 e. The van der Waals surface area contributed by atoms with Gasteiger partial charge in [-0.1, -0.05) is 39.7 Å². The first kappa shape index (κ1) is 30.2. The molecule has 0 aromatic heterocycles. The molecule has 2 aromatic carbocycles. The molecule has 4 rings (SSSR count). The lowest BCUT2D eigenvalue weighted by atomic mass is 9.94. The van der Waals surface area contributed by atoms with Gasteiger partial charge in [-0.05, 0) is 68.4 Å². The van der Waals surface area contributed by atoms with Gasteiger partial charge in [-0.15, -0.1) is 0 Å². The molecule has 0 bridgehead atoms. The summed E-state index contributed by atoms with van der Waals surface area (Å²) in [6, 6.07) is 9.66. The van der Waals surface area contributed by atoms with Gasteiger partial charge in [0.2, 0.25) is 0 Å². The Hall–Kier alpha value is -3.72. The molecule has 1 saturated heterocycles. The van der Waals surface area contributed by atoms with Crippen LogP contribution in [0.3, 0.4) is 0 Å². The molecule has 41 heavy (non-hydrogen) atoms. The third-order valence-corrected chi connectivity index (χ3v) is 7.63. The molecule has 222 valence electrons. The van der Waals surface area contributed by atoms with Crippen LogP contribution < -0.4 is 18.9 Å². The van der Waals surface area contributed by atoms with Crippen LogP contribution in [0.1, 0.15) is 63.6 Å². The number of methoxy groups -OCH3 is 1. The summed E-state index contributed by atoms with van der Waals surface area (Å²) in [7, 11) is 1.56. The summed E-state index contributed by atoms with van der Waals surface area (Å²) >= 11 is 0. The van der Waals surface area contributed by atoms with Crippen molar-refractivity contribution in [1.82, 2.24) is 9.80 Å². The van der Waals surface area contributed by atoms with Crippen LogP contribution in [0.15, 0.2) is 42.0 Å². The van der Waals surface area contributed by atoms with E-state index in [1.54, 1.807) is 42.3 Å². The number of amides is 1. The summed E-state index contributed by atoms with van der Waals surface area (Å²) in [5.41, 5.74) is 1.07. The zero-order valence-electron chi connectivity index (χ0n) is 24.6. The summed E-state index contributed by atoms with van der Waals surface area (Å²) in [5.74, 6) is 0.550. The normalized spacial score (nSPS) is 17.8. The van der Waals surface area contributed by atoms with Crippen LogP contribution in [0.4, 0.5) is 0 Å². The van der Waals surface area contributed by atoms with E-state index in [0.29, 0.717) is 66.9 Å². The van der Waals surface area contributed by atoms with Gasteiger partial charge in [0.25, 0.3) is 11.7 Å². The number of likely N-dealkylation sites (tertiary alicyclic amines) is 1. The second-order valence-corrected chi connectivity index (χ2v) is 10.2. The molecule has 2 aliphatic heterocycles. The van der Waals surface area contributed by atoms with Crippen molar-refractivity contribution < 1.29 is 33.6 Å². The highest BCUT2D eigenvalue weighted by Crippen LogP contribution is 2.43. The minimum absolute atomic E-state index is 0.0354. The molecule has 2 aliphatic rings. The van der Waals surface area contributed by atoms with Gasteiger partial charge in [0.05, 0.1) is 25.3 Å². The molecule has 0 aliphatic carbocycles. The summed E-state index contributed by atoms with van der Waals surface area (Å²) in [5, 5.41) is 11.5. The van der Waals surface area contributed by atoms with Crippen molar-refractivity contribution in [2.24, 2.45) is 0 Å². The van der Waals surface area contributed by atoms with E-state index in [0.717, 1.165) is 38.9 Å². The molecule has 2 aromatic rings. The molecule has 9 heteroatoms. The van der Waals surface area contributed by atoms with Crippen molar-refractivity contribution in [3.63, 3.8) is 0 Å². The Balaban J connectivity index is 1.73. The quantitative estimate of drug-likeness (QED) is 0.144. The zero-order chi connectivity index (χ0) is 29.4. The Morgan fingerprint density at radius 3 is 2.44 bits per heavy atom. The number of carbonyl (C=O) groups is 2. The number of benzene rings is 2. The van der Waals surface area contributed by atoms with Gasteiger partial charge in [0.1, 0.15) is 19.0 Å². The number of fused-ring (bicyclic) bond motifs is 1. The maximum atomic E-state index is 13.5. The van der Waals surface area contributed by atoms with E-state index in [9.17, 15) is 14.7 Å². The lowest BCUT2D eigenvalue weighted by Crippen LogP contribution is -2.33. The number of ether oxygens (including phenoxy) is 4. The van der Waals surface area contributed by atoms with Crippen molar-refractivity contribution in [2.75, 3.05) is 53.1 Å². The summed E-state index contributed by atoms with van der Waals surface area (Å²) < 4.78 is 22.9. The fourth-order valence-corrected chi connectivity index (χ4v) is 5.32. The van der Waals surface area contributed by atoms with Gasteiger partial charge < -0.3 is 33.9 Å². The monoisotopic (exact) mass is 566 g/mol. The van der Waals surface area contributed by atoms with Gasteiger partial charge in [0.15, 0.2) is 23.0 Å². The number of rotatable bonds is 14. The number of unbranched alkanes of at least 4 members (excludes halogenated alkanes) is 2. The lowest BCUT2D eigenvalue weighted by Gasteiger charge is -2.27. The molecule has 1 N–H and O–H groups in total. The molecule has 1 fully saturated rings. The van der Waals surface area contributed by atoms with E-state index >= 15 is 0 Å². The fraction of sp³-hybridized carbons (Fsp3) is 0.500. The molecule has 0 saturated carbocycles. The zero-order valence-corrected chi connectivity index (χ0v) is 24.6. The number of hydrogen-bond acceptors (Lipinski definition) is 8. The molecular weight excluding hydrogens is 524 g/mol. The average molecular weight is 567 g/mol. The van der Waals surface area contributed by atoms with Crippen molar-refractivity contribution in [2.45, 2.75) is 52.5 Å². The van der Waals surface area contributed by atoms with Crippen LogP contribution in [-0.4, -0.2) is 79.7 Å². The topological polar surface area (TPSA) is 97.8 Å². The van der Waals surface area contributed by atoms with Crippen LogP contribution >= 0.6 is 0 Å². The maximum absolute atomic E-state index is 13.5. The van der Waals surface area contributed by atoms with E-state index in [1.807, 2.05) is 6.07 Å². The molecule has 1 amide bonds. The van der Waals surface area contributed by atoms with E-state index in [4.69, 9.17) is 18.9 Å². The molecule has 0 spiro atoms. The minimum atomic E-state index is -0.789. The van der Waals surface area contributed by atoms with E-state index in [2.05, 4.69) is 25.7 Å². The van der Waals surface area contributed by atoms with Crippen LogP contribution in [-0.2, 0) is 9.59 Å². The molecular formula is C32H42N2O7. The Morgan fingerprint density at radius 1 is 0.976 bits per heavy atom. The highest BCUT2D eigenvalue weighted by atomic mass is 16.6. The fourth-order valence-electron chi connectivity index (χ4n) is 5.32. The Kier molecular flexibility index (Phi) is 10.5. The number of carbonyl (C=O) groups excluding carboxylic acids is 2. The Morgan fingerprint density at radius 2 is 1.73 bits per heavy atom. The number of ketones is 1. The van der Waals surface area contributed by atoms with Gasteiger partial charge >= 0.3 is 0 Å². The maximum Gasteiger partial charge on any atom is 0.295 e. The van der Waals surface area contributed by atoms with Gasteiger partial charge in [-0.3, -0.25) is 9.59 Å². The average Bonchev–Trinajstić information content (AvgIpc) is 3.25. The molecule has 1 atom stereocenters. The third kappa shape index (κ3) is 6.78.